The molecule has 0 radical (unpaired) electrons. The van der Waals surface area contributed by atoms with Crippen LogP contribution in [-0.2, 0) is 11.3 Å². The van der Waals surface area contributed by atoms with E-state index in [1.54, 1.807) is 6.07 Å². The standard InChI is InChI=1S/C17H23N3O2/c1-9(2)15(17(18)22)19-8-12-7-14(21)13-6-10(3)5-11(4)16(13)20-12/h5-7,9,15,19H,8H2,1-4H3,(H2,18,22)(H,20,21)/t15-/m0/s1. The van der Waals surface area contributed by atoms with Crippen molar-refractivity contribution < 1.29 is 4.79 Å². The summed E-state index contributed by atoms with van der Waals surface area (Å²) in [5.74, 6) is -0.293. The van der Waals surface area contributed by atoms with Crippen molar-refractivity contribution in [3.8, 4) is 0 Å². The molecule has 0 spiro atoms. The summed E-state index contributed by atoms with van der Waals surface area (Å²) in [5.41, 5.74) is 9.06. The fourth-order valence-corrected chi connectivity index (χ4v) is 2.74. The molecule has 0 saturated heterocycles. The summed E-state index contributed by atoms with van der Waals surface area (Å²) in [4.78, 5) is 27.0. The van der Waals surface area contributed by atoms with Gasteiger partial charge in [0.1, 0.15) is 0 Å². The van der Waals surface area contributed by atoms with Gasteiger partial charge in [0.15, 0.2) is 5.43 Å². The van der Waals surface area contributed by atoms with Gasteiger partial charge in [-0.05, 0) is 37.0 Å². The molecule has 0 aliphatic carbocycles. The van der Waals surface area contributed by atoms with Crippen molar-refractivity contribution in [1.82, 2.24) is 10.3 Å². The lowest BCUT2D eigenvalue weighted by Gasteiger charge is -2.19. The van der Waals surface area contributed by atoms with E-state index in [9.17, 15) is 9.59 Å². The average molecular weight is 301 g/mol. The van der Waals surface area contributed by atoms with Gasteiger partial charge in [-0.3, -0.25) is 9.59 Å². The van der Waals surface area contributed by atoms with Gasteiger partial charge in [-0.1, -0.05) is 19.9 Å². The lowest BCUT2D eigenvalue weighted by molar-refractivity contribution is -0.121. The monoisotopic (exact) mass is 301 g/mol. The number of nitrogens with two attached hydrogens (primary N) is 1. The number of rotatable bonds is 5. The minimum atomic E-state index is -0.418. The molecule has 118 valence electrons. The van der Waals surface area contributed by atoms with Gasteiger partial charge in [-0.2, -0.15) is 0 Å². The van der Waals surface area contributed by atoms with Gasteiger partial charge in [0.2, 0.25) is 5.91 Å². The normalized spacial score (nSPS) is 12.8. The lowest BCUT2D eigenvalue weighted by Crippen LogP contribution is -2.44. The van der Waals surface area contributed by atoms with Gasteiger partial charge in [0, 0.05) is 23.7 Å². The van der Waals surface area contributed by atoms with Gasteiger partial charge in [-0.15, -0.1) is 0 Å². The molecule has 4 N–H and O–H groups in total. The fraction of sp³-hybridized carbons (Fsp3) is 0.412. The predicted octanol–water partition coefficient (Wildman–Crippen LogP) is 1.74. The fourth-order valence-electron chi connectivity index (χ4n) is 2.74. The van der Waals surface area contributed by atoms with Gasteiger partial charge < -0.3 is 16.0 Å². The van der Waals surface area contributed by atoms with Crippen molar-refractivity contribution >= 4 is 16.8 Å². The summed E-state index contributed by atoms with van der Waals surface area (Å²) in [7, 11) is 0. The molecule has 0 fully saturated rings. The summed E-state index contributed by atoms with van der Waals surface area (Å²) in [5, 5.41) is 3.80. The Labute approximate surface area is 129 Å². The number of aromatic amines is 1. The second kappa shape index (κ2) is 6.32. The number of pyridine rings is 1. The number of benzene rings is 1. The van der Waals surface area contributed by atoms with Crippen LogP contribution in [-0.4, -0.2) is 16.9 Å². The van der Waals surface area contributed by atoms with E-state index < -0.39 is 6.04 Å². The highest BCUT2D eigenvalue weighted by Crippen LogP contribution is 2.16. The first-order valence-electron chi connectivity index (χ1n) is 7.45. The van der Waals surface area contributed by atoms with Crippen molar-refractivity contribution in [2.24, 2.45) is 11.7 Å². The highest BCUT2D eigenvalue weighted by atomic mass is 16.1. The molecule has 0 aliphatic heterocycles. The van der Waals surface area contributed by atoms with Crippen molar-refractivity contribution in [2.45, 2.75) is 40.3 Å². The van der Waals surface area contributed by atoms with Gasteiger partial charge in [-0.25, -0.2) is 0 Å². The Kier molecular flexibility index (Phi) is 4.66. The van der Waals surface area contributed by atoms with E-state index in [1.165, 1.54) is 0 Å². The van der Waals surface area contributed by atoms with Gasteiger partial charge >= 0.3 is 0 Å². The Morgan fingerprint density at radius 3 is 2.55 bits per heavy atom. The zero-order chi connectivity index (χ0) is 16.4. The number of hydrogen-bond donors (Lipinski definition) is 3. The third-order valence-corrected chi connectivity index (χ3v) is 3.82. The topological polar surface area (TPSA) is 88.0 Å². The van der Waals surface area contributed by atoms with E-state index >= 15 is 0 Å². The molecule has 0 aliphatic rings. The second-order valence-electron chi connectivity index (χ2n) is 6.17. The van der Waals surface area contributed by atoms with Crippen molar-refractivity contribution in [3.05, 3.63) is 45.2 Å². The molecule has 2 aromatic rings. The number of amides is 1. The van der Waals surface area contributed by atoms with E-state index in [4.69, 9.17) is 5.73 Å². The molecule has 22 heavy (non-hydrogen) atoms. The van der Waals surface area contributed by atoms with E-state index in [0.29, 0.717) is 11.9 Å². The van der Waals surface area contributed by atoms with Crippen LogP contribution in [0.4, 0.5) is 0 Å². The van der Waals surface area contributed by atoms with E-state index in [-0.39, 0.29) is 17.3 Å². The molecule has 5 nitrogen and oxygen atoms in total. The number of fused-ring (bicyclic) bond motifs is 1. The molecule has 5 heteroatoms. The lowest BCUT2D eigenvalue weighted by atomic mass is 10.0. The van der Waals surface area contributed by atoms with Crippen LogP contribution in [0.1, 0.15) is 30.7 Å². The third kappa shape index (κ3) is 3.36. The molecule has 0 bridgehead atoms. The quantitative estimate of drug-likeness (QED) is 0.786. The maximum absolute atomic E-state index is 12.3. The number of aromatic nitrogens is 1. The van der Waals surface area contributed by atoms with Crippen LogP contribution in [0.5, 0.6) is 0 Å². The molecule has 1 aromatic heterocycles. The van der Waals surface area contributed by atoms with Crippen molar-refractivity contribution in [1.29, 1.82) is 0 Å². The molecule has 1 aromatic carbocycles. The Bertz CT molecular complexity index is 762. The number of carbonyl (C=O) groups excluding carboxylic acids is 1. The number of carbonyl (C=O) groups is 1. The molecule has 0 unspecified atom stereocenters. The van der Waals surface area contributed by atoms with Crippen LogP contribution in [0.25, 0.3) is 10.9 Å². The van der Waals surface area contributed by atoms with Crippen LogP contribution in [0, 0.1) is 19.8 Å². The minimum Gasteiger partial charge on any atom is -0.368 e. The van der Waals surface area contributed by atoms with Crippen molar-refractivity contribution in [2.75, 3.05) is 0 Å². The third-order valence-electron chi connectivity index (χ3n) is 3.82. The number of aryl methyl sites for hydroxylation is 2. The Morgan fingerprint density at radius 1 is 1.27 bits per heavy atom. The zero-order valence-corrected chi connectivity index (χ0v) is 13.5. The summed E-state index contributed by atoms with van der Waals surface area (Å²) < 4.78 is 0. The maximum Gasteiger partial charge on any atom is 0.234 e. The van der Waals surface area contributed by atoms with E-state index in [0.717, 1.165) is 22.3 Å². The molecule has 1 amide bonds. The number of nitrogens with one attached hydrogen (secondary N) is 2. The highest BCUT2D eigenvalue weighted by Gasteiger charge is 2.18. The summed E-state index contributed by atoms with van der Waals surface area (Å²) in [6, 6.07) is 5.08. The van der Waals surface area contributed by atoms with Crippen LogP contribution < -0.4 is 16.5 Å². The van der Waals surface area contributed by atoms with Gasteiger partial charge in [0.25, 0.3) is 0 Å². The molecule has 2 rings (SSSR count). The first-order chi connectivity index (χ1) is 10.3. The summed E-state index contributed by atoms with van der Waals surface area (Å²) >= 11 is 0. The summed E-state index contributed by atoms with van der Waals surface area (Å²) in [6.07, 6.45) is 0. The first-order valence-corrected chi connectivity index (χ1v) is 7.45. The molecule has 1 heterocycles. The van der Waals surface area contributed by atoms with Gasteiger partial charge in [0.05, 0.1) is 11.6 Å². The highest BCUT2D eigenvalue weighted by molar-refractivity contribution is 5.82. The minimum absolute atomic E-state index is 0.0162. The van der Waals surface area contributed by atoms with E-state index in [1.807, 2.05) is 39.8 Å². The zero-order valence-electron chi connectivity index (χ0n) is 13.5. The van der Waals surface area contributed by atoms with Crippen LogP contribution in [0.2, 0.25) is 0 Å². The van der Waals surface area contributed by atoms with Crippen LogP contribution >= 0.6 is 0 Å². The summed E-state index contributed by atoms with van der Waals surface area (Å²) in [6.45, 7) is 8.20. The molecular weight excluding hydrogens is 278 g/mol. The molecular formula is C17H23N3O2. The predicted molar refractivity (Wildman–Crippen MR) is 88.7 cm³/mol. The Balaban J connectivity index is 2.34. The SMILES string of the molecule is Cc1cc(C)c2[nH]c(CN[C@H](C(N)=O)C(C)C)cc(=O)c2c1. The van der Waals surface area contributed by atoms with E-state index in [2.05, 4.69) is 10.3 Å². The number of H-pyrrole nitrogens is 1. The van der Waals surface area contributed by atoms with Crippen LogP contribution in [0.15, 0.2) is 23.0 Å². The Morgan fingerprint density at radius 2 is 1.95 bits per heavy atom. The largest absolute Gasteiger partial charge is 0.368 e. The average Bonchev–Trinajstić information content (AvgIpc) is 2.39. The molecule has 1 atom stereocenters. The Hall–Kier alpha value is -2.14. The van der Waals surface area contributed by atoms with Crippen LogP contribution in [0.3, 0.4) is 0 Å². The maximum atomic E-state index is 12.3. The number of hydrogen-bond acceptors (Lipinski definition) is 3. The first kappa shape index (κ1) is 16.2. The van der Waals surface area contributed by atoms with Crippen molar-refractivity contribution in [3.63, 3.8) is 0 Å². The number of primary amides is 1. The second-order valence-corrected chi connectivity index (χ2v) is 6.17. The molecule has 0 saturated carbocycles. The smallest absolute Gasteiger partial charge is 0.234 e.